The zero-order valence-corrected chi connectivity index (χ0v) is 20.2. The number of ether oxygens (including phenoxy) is 3. The number of amides is 2. The quantitative estimate of drug-likeness (QED) is 0.654. The number of hydrogen-bond donors (Lipinski definition) is 0. The van der Waals surface area contributed by atoms with Gasteiger partial charge in [-0.05, 0) is 35.9 Å². The Labute approximate surface area is 200 Å². The van der Waals surface area contributed by atoms with Crippen LogP contribution in [0.25, 0.3) is 0 Å². The lowest BCUT2D eigenvalue weighted by atomic mass is 9.82. The number of rotatable bonds is 6. The smallest absolute Gasteiger partial charge is 0.253 e. The SMILES string of the molecule is COc1ccc(C2=NN(c3ccc(CC(=O)N4CCOCC4)cc3)C(=O)C(C)(C)C2)cc1OC. The van der Waals surface area contributed by atoms with Crippen LogP contribution in [0, 0.1) is 5.41 Å². The largest absolute Gasteiger partial charge is 0.493 e. The maximum Gasteiger partial charge on any atom is 0.253 e. The molecular weight excluding hydrogens is 434 g/mol. The molecule has 2 heterocycles. The molecule has 0 aromatic heterocycles. The minimum Gasteiger partial charge on any atom is -0.493 e. The molecule has 180 valence electrons. The molecule has 2 aromatic carbocycles. The summed E-state index contributed by atoms with van der Waals surface area (Å²) in [4.78, 5) is 27.6. The van der Waals surface area contributed by atoms with Crippen molar-refractivity contribution in [2.45, 2.75) is 26.7 Å². The fourth-order valence-electron chi connectivity index (χ4n) is 4.19. The highest BCUT2D eigenvalue weighted by atomic mass is 16.5. The number of benzene rings is 2. The Morgan fingerprint density at radius 1 is 1.03 bits per heavy atom. The van der Waals surface area contributed by atoms with Crippen LogP contribution in [0.15, 0.2) is 47.6 Å². The van der Waals surface area contributed by atoms with Crippen LogP contribution in [0.2, 0.25) is 0 Å². The van der Waals surface area contributed by atoms with Crippen LogP contribution in [0.4, 0.5) is 5.69 Å². The van der Waals surface area contributed by atoms with Gasteiger partial charge in [0.2, 0.25) is 5.91 Å². The molecule has 0 atom stereocenters. The van der Waals surface area contributed by atoms with E-state index in [2.05, 4.69) is 0 Å². The third-order valence-electron chi connectivity index (χ3n) is 6.22. The van der Waals surface area contributed by atoms with Gasteiger partial charge < -0.3 is 19.1 Å². The van der Waals surface area contributed by atoms with Crippen LogP contribution >= 0.6 is 0 Å². The molecule has 2 amide bonds. The number of methoxy groups -OCH3 is 2. The van der Waals surface area contributed by atoms with Crippen LogP contribution in [0.1, 0.15) is 31.4 Å². The molecule has 0 radical (unpaired) electrons. The van der Waals surface area contributed by atoms with Gasteiger partial charge in [-0.3, -0.25) is 9.59 Å². The van der Waals surface area contributed by atoms with Gasteiger partial charge in [-0.15, -0.1) is 0 Å². The molecule has 0 spiro atoms. The molecule has 2 aliphatic heterocycles. The molecule has 2 aromatic rings. The highest BCUT2D eigenvalue weighted by molar-refractivity contribution is 6.11. The monoisotopic (exact) mass is 465 g/mol. The van der Waals surface area contributed by atoms with E-state index in [0.29, 0.717) is 56.3 Å². The summed E-state index contributed by atoms with van der Waals surface area (Å²) in [6.07, 6.45) is 0.823. The molecule has 0 aliphatic carbocycles. The predicted octanol–water partition coefficient (Wildman–Crippen LogP) is 3.27. The summed E-state index contributed by atoms with van der Waals surface area (Å²) in [7, 11) is 3.19. The van der Waals surface area contributed by atoms with Crippen molar-refractivity contribution in [3.05, 3.63) is 53.6 Å². The average molecular weight is 466 g/mol. The van der Waals surface area contributed by atoms with E-state index in [1.807, 2.05) is 61.2 Å². The summed E-state index contributed by atoms with van der Waals surface area (Å²) in [5.74, 6) is 1.25. The second-order valence-electron chi connectivity index (χ2n) is 9.13. The fraction of sp³-hybridized carbons (Fsp3) is 0.423. The Hall–Kier alpha value is -3.39. The summed E-state index contributed by atoms with van der Waals surface area (Å²) >= 11 is 0. The van der Waals surface area contributed by atoms with E-state index >= 15 is 0 Å². The Kier molecular flexibility index (Phi) is 6.88. The minimum absolute atomic E-state index is 0.0751. The molecule has 2 aliphatic rings. The van der Waals surface area contributed by atoms with E-state index < -0.39 is 5.41 Å². The van der Waals surface area contributed by atoms with Crippen molar-refractivity contribution in [1.82, 2.24) is 4.90 Å². The number of anilines is 1. The van der Waals surface area contributed by atoms with E-state index in [0.717, 1.165) is 16.8 Å². The summed E-state index contributed by atoms with van der Waals surface area (Å²) in [6.45, 7) is 6.26. The first kappa shape index (κ1) is 23.8. The van der Waals surface area contributed by atoms with Gasteiger partial charge >= 0.3 is 0 Å². The van der Waals surface area contributed by atoms with Crippen molar-refractivity contribution in [3.8, 4) is 11.5 Å². The number of carbonyl (C=O) groups is 2. The number of hydrogen-bond acceptors (Lipinski definition) is 6. The maximum atomic E-state index is 13.2. The molecule has 8 heteroatoms. The Morgan fingerprint density at radius 3 is 2.35 bits per heavy atom. The number of nitrogens with zero attached hydrogens (tertiary/aromatic N) is 3. The van der Waals surface area contributed by atoms with E-state index in [-0.39, 0.29) is 11.8 Å². The molecule has 0 bridgehead atoms. The van der Waals surface area contributed by atoms with Crippen molar-refractivity contribution in [2.24, 2.45) is 10.5 Å². The molecule has 0 N–H and O–H groups in total. The van der Waals surface area contributed by atoms with E-state index in [1.54, 1.807) is 14.2 Å². The van der Waals surface area contributed by atoms with E-state index in [4.69, 9.17) is 19.3 Å². The maximum absolute atomic E-state index is 13.2. The number of hydrazone groups is 1. The third kappa shape index (κ3) is 4.92. The lowest BCUT2D eigenvalue weighted by molar-refractivity contribution is -0.134. The first-order valence-electron chi connectivity index (χ1n) is 11.4. The summed E-state index contributed by atoms with van der Waals surface area (Å²) in [5, 5.41) is 6.17. The van der Waals surface area contributed by atoms with Crippen molar-refractivity contribution >= 4 is 23.2 Å². The second kappa shape index (κ2) is 9.85. The standard InChI is InChI=1S/C26H31N3O5/c1-26(2)17-21(19-7-10-22(32-3)23(16-19)33-4)27-29(25(26)31)20-8-5-18(6-9-20)15-24(30)28-11-13-34-14-12-28/h5-10,16H,11-15,17H2,1-4H3. The highest BCUT2D eigenvalue weighted by Gasteiger charge is 2.39. The zero-order chi connectivity index (χ0) is 24.3. The van der Waals surface area contributed by atoms with Crippen LogP contribution in [0.3, 0.4) is 0 Å². The van der Waals surface area contributed by atoms with E-state index in [9.17, 15) is 9.59 Å². The van der Waals surface area contributed by atoms with Gasteiger partial charge in [-0.2, -0.15) is 5.10 Å². The molecular formula is C26H31N3O5. The zero-order valence-electron chi connectivity index (χ0n) is 20.2. The third-order valence-corrected chi connectivity index (χ3v) is 6.22. The van der Waals surface area contributed by atoms with Gasteiger partial charge in [0.25, 0.3) is 5.91 Å². The lowest BCUT2D eigenvalue weighted by Gasteiger charge is -2.34. The van der Waals surface area contributed by atoms with Gasteiger partial charge in [0.1, 0.15) is 0 Å². The Morgan fingerprint density at radius 2 is 1.71 bits per heavy atom. The van der Waals surface area contributed by atoms with Crippen molar-refractivity contribution in [2.75, 3.05) is 45.5 Å². The Balaban J connectivity index is 1.58. The normalized spacial score (nSPS) is 17.9. The van der Waals surface area contributed by atoms with E-state index in [1.165, 1.54) is 5.01 Å². The van der Waals surface area contributed by atoms with Gasteiger partial charge in [-0.1, -0.05) is 26.0 Å². The molecule has 1 fully saturated rings. The number of morpholine rings is 1. The van der Waals surface area contributed by atoms with Crippen LogP contribution in [-0.4, -0.2) is 62.9 Å². The second-order valence-corrected chi connectivity index (χ2v) is 9.13. The molecule has 0 saturated carbocycles. The van der Waals surface area contributed by atoms with Crippen molar-refractivity contribution in [1.29, 1.82) is 0 Å². The predicted molar refractivity (Wildman–Crippen MR) is 130 cm³/mol. The fourth-order valence-corrected chi connectivity index (χ4v) is 4.19. The van der Waals surface area contributed by atoms with Gasteiger partial charge in [0, 0.05) is 25.1 Å². The van der Waals surface area contributed by atoms with Crippen LogP contribution < -0.4 is 14.5 Å². The van der Waals surface area contributed by atoms with Gasteiger partial charge in [-0.25, -0.2) is 5.01 Å². The van der Waals surface area contributed by atoms with Gasteiger partial charge in [0.15, 0.2) is 11.5 Å². The lowest BCUT2D eigenvalue weighted by Crippen LogP contribution is -2.44. The summed E-state index contributed by atoms with van der Waals surface area (Å²) < 4.78 is 16.1. The first-order valence-corrected chi connectivity index (χ1v) is 11.4. The molecule has 0 unspecified atom stereocenters. The minimum atomic E-state index is -0.630. The molecule has 34 heavy (non-hydrogen) atoms. The summed E-state index contributed by atoms with van der Waals surface area (Å²) in [6, 6.07) is 13.1. The topological polar surface area (TPSA) is 80.7 Å². The Bertz CT molecular complexity index is 1090. The van der Waals surface area contributed by atoms with Crippen molar-refractivity contribution < 1.29 is 23.8 Å². The van der Waals surface area contributed by atoms with Crippen LogP contribution in [0.5, 0.6) is 11.5 Å². The highest BCUT2D eigenvalue weighted by Crippen LogP contribution is 2.36. The van der Waals surface area contributed by atoms with Crippen LogP contribution in [-0.2, 0) is 20.7 Å². The molecule has 1 saturated heterocycles. The number of carbonyl (C=O) groups excluding carboxylic acids is 2. The van der Waals surface area contributed by atoms with Gasteiger partial charge in [0.05, 0.1) is 50.7 Å². The average Bonchev–Trinajstić information content (AvgIpc) is 2.86. The summed E-state index contributed by atoms with van der Waals surface area (Å²) in [5.41, 5.74) is 2.59. The molecule has 4 rings (SSSR count). The molecule has 8 nitrogen and oxygen atoms in total. The first-order chi connectivity index (χ1) is 16.3. The van der Waals surface area contributed by atoms with Crippen molar-refractivity contribution in [3.63, 3.8) is 0 Å².